The number of rotatable bonds is 3. The summed E-state index contributed by atoms with van der Waals surface area (Å²) in [5, 5.41) is 2.54. The summed E-state index contributed by atoms with van der Waals surface area (Å²) >= 11 is 0. The van der Waals surface area contributed by atoms with Crippen molar-refractivity contribution in [2.45, 2.75) is 37.9 Å². The lowest BCUT2D eigenvalue weighted by molar-refractivity contribution is -0.183. The number of carbonyl (C=O) groups excluding carboxylic acids is 2. The van der Waals surface area contributed by atoms with Gasteiger partial charge in [0.05, 0.1) is 11.5 Å². The largest absolute Gasteiger partial charge is 0.458 e. The van der Waals surface area contributed by atoms with Gasteiger partial charge in [-0.15, -0.1) is 0 Å². The summed E-state index contributed by atoms with van der Waals surface area (Å²) in [6, 6.07) is 0.631. The summed E-state index contributed by atoms with van der Waals surface area (Å²) in [6.07, 6.45) is -2.31. The van der Waals surface area contributed by atoms with Crippen molar-refractivity contribution >= 4 is 11.8 Å². The van der Waals surface area contributed by atoms with Crippen LogP contribution >= 0.6 is 0 Å². The number of nitrogens with two attached hydrogens (primary N) is 1. The highest BCUT2D eigenvalue weighted by atomic mass is 19.4. The lowest BCUT2D eigenvalue weighted by Crippen LogP contribution is -2.41. The van der Waals surface area contributed by atoms with Crippen molar-refractivity contribution in [1.82, 2.24) is 5.32 Å². The van der Waals surface area contributed by atoms with Gasteiger partial charge in [0.2, 0.25) is 0 Å². The molecule has 1 aliphatic carbocycles. The van der Waals surface area contributed by atoms with E-state index >= 15 is 0 Å². The van der Waals surface area contributed by atoms with Crippen molar-refractivity contribution in [3.05, 3.63) is 23.7 Å². The van der Waals surface area contributed by atoms with Crippen molar-refractivity contribution in [2.24, 2.45) is 11.7 Å². The van der Waals surface area contributed by atoms with Gasteiger partial charge in [0, 0.05) is 12.1 Å². The van der Waals surface area contributed by atoms with Crippen LogP contribution in [-0.2, 0) is 0 Å². The van der Waals surface area contributed by atoms with Gasteiger partial charge in [-0.2, -0.15) is 13.2 Å². The van der Waals surface area contributed by atoms with Crippen molar-refractivity contribution in [3.63, 3.8) is 0 Å². The Balaban J connectivity index is 1.97. The van der Waals surface area contributed by atoms with Crippen LogP contribution < -0.4 is 11.1 Å². The molecule has 0 aromatic carbocycles. The van der Waals surface area contributed by atoms with Crippen molar-refractivity contribution in [3.8, 4) is 0 Å². The predicted molar refractivity (Wildman–Crippen MR) is 66.5 cm³/mol. The second kappa shape index (κ2) is 5.79. The van der Waals surface area contributed by atoms with Crippen molar-refractivity contribution in [1.29, 1.82) is 0 Å². The smallest absolute Gasteiger partial charge is 0.391 e. The zero-order valence-corrected chi connectivity index (χ0v) is 11.1. The second-order valence-electron chi connectivity index (χ2n) is 5.14. The first-order chi connectivity index (χ1) is 9.77. The minimum Gasteiger partial charge on any atom is -0.458 e. The number of halogens is 3. The highest BCUT2D eigenvalue weighted by Crippen LogP contribution is 2.37. The molecule has 0 aliphatic heterocycles. The van der Waals surface area contributed by atoms with Gasteiger partial charge in [-0.05, 0) is 19.3 Å². The molecule has 0 saturated heterocycles. The average molecular weight is 304 g/mol. The number of carbonyl (C=O) groups is 2. The molecule has 0 radical (unpaired) electrons. The van der Waals surface area contributed by atoms with E-state index in [2.05, 4.69) is 5.32 Å². The molecule has 1 aromatic heterocycles. The van der Waals surface area contributed by atoms with E-state index in [1.165, 1.54) is 6.07 Å². The van der Waals surface area contributed by atoms with Gasteiger partial charge < -0.3 is 15.5 Å². The molecule has 21 heavy (non-hydrogen) atoms. The standard InChI is InChI=1S/C13H15F3N2O3/c14-13(15,16)8-2-1-3-9(5-8)18-12(20)7-4-10(11(17)19)21-6-7/h4,6,8-9H,1-3,5H2,(H2,17,19)(H,18,20)/t8-,9-/m0/s1. The number of amides is 2. The molecule has 0 spiro atoms. The first kappa shape index (κ1) is 15.4. The van der Waals surface area contributed by atoms with Crippen LogP contribution in [0.1, 0.15) is 46.6 Å². The van der Waals surface area contributed by atoms with Gasteiger partial charge in [-0.3, -0.25) is 9.59 Å². The molecule has 1 fully saturated rings. The molecule has 3 N–H and O–H groups in total. The Bertz CT molecular complexity index is 539. The Hall–Kier alpha value is -1.99. The lowest BCUT2D eigenvalue weighted by atomic mass is 9.85. The van der Waals surface area contributed by atoms with E-state index in [1.54, 1.807) is 0 Å². The molecule has 5 nitrogen and oxygen atoms in total. The van der Waals surface area contributed by atoms with Gasteiger partial charge in [-0.1, -0.05) is 6.42 Å². The first-order valence-corrected chi connectivity index (χ1v) is 6.53. The maximum atomic E-state index is 12.7. The molecule has 1 saturated carbocycles. The topological polar surface area (TPSA) is 85.3 Å². The molecule has 1 aliphatic rings. The summed E-state index contributed by atoms with van der Waals surface area (Å²) in [4.78, 5) is 22.8. The van der Waals surface area contributed by atoms with E-state index in [4.69, 9.17) is 10.2 Å². The van der Waals surface area contributed by atoms with Crippen LogP contribution in [0.5, 0.6) is 0 Å². The van der Waals surface area contributed by atoms with E-state index < -0.39 is 30.0 Å². The molecule has 8 heteroatoms. The average Bonchev–Trinajstić information content (AvgIpc) is 2.88. The Morgan fingerprint density at radius 3 is 2.62 bits per heavy atom. The quantitative estimate of drug-likeness (QED) is 0.898. The maximum absolute atomic E-state index is 12.7. The molecule has 2 atom stereocenters. The number of nitrogens with one attached hydrogen (secondary N) is 1. The third kappa shape index (κ3) is 3.77. The van der Waals surface area contributed by atoms with Crippen LogP contribution in [0.3, 0.4) is 0 Å². The molecule has 116 valence electrons. The van der Waals surface area contributed by atoms with E-state index in [0.717, 1.165) is 6.26 Å². The van der Waals surface area contributed by atoms with Gasteiger partial charge in [0.15, 0.2) is 5.76 Å². The summed E-state index contributed by atoms with van der Waals surface area (Å²) in [7, 11) is 0. The van der Waals surface area contributed by atoms with E-state index in [-0.39, 0.29) is 24.2 Å². The van der Waals surface area contributed by atoms with Crippen LogP contribution in [0.4, 0.5) is 13.2 Å². The molecular formula is C13H15F3N2O3. The molecule has 0 bridgehead atoms. The maximum Gasteiger partial charge on any atom is 0.391 e. The highest BCUT2D eigenvalue weighted by Gasteiger charge is 2.42. The summed E-state index contributed by atoms with van der Waals surface area (Å²) in [5.41, 5.74) is 5.06. The summed E-state index contributed by atoms with van der Waals surface area (Å²) < 4.78 is 42.9. The number of alkyl halides is 3. The van der Waals surface area contributed by atoms with E-state index in [1.807, 2.05) is 0 Å². The molecule has 1 aromatic rings. The van der Waals surface area contributed by atoms with Crippen molar-refractivity contribution < 1.29 is 27.2 Å². The molecule has 0 unspecified atom stereocenters. The number of furan rings is 1. The Labute approximate surface area is 118 Å². The third-order valence-electron chi connectivity index (χ3n) is 3.58. The number of primary amides is 1. The molecule has 2 amide bonds. The summed E-state index contributed by atoms with van der Waals surface area (Å²) in [5.74, 6) is -2.94. The van der Waals surface area contributed by atoms with Crippen LogP contribution in [0, 0.1) is 5.92 Å². The van der Waals surface area contributed by atoms with E-state index in [0.29, 0.717) is 12.8 Å². The zero-order valence-electron chi connectivity index (χ0n) is 11.1. The first-order valence-electron chi connectivity index (χ1n) is 6.53. The molecular weight excluding hydrogens is 289 g/mol. The minimum absolute atomic E-state index is 0.0675. The zero-order chi connectivity index (χ0) is 15.6. The fourth-order valence-corrected chi connectivity index (χ4v) is 2.47. The normalized spacial score (nSPS) is 22.8. The predicted octanol–water partition coefficient (Wildman–Crippen LogP) is 2.23. The number of hydrogen-bond donors (Lipinski definition) is 2. The van der Waals surface area contributed by atoms with Crippen LogP contribution in [-0.4, -0.2) is 24.0 Å². The van der Waals surface area contributed by atoms with Gasteiger partial charge in [0.1, 0.15) is 6.26 Å². The molecule has 2 rings (SSSR count). The fraction of sp³-hybridized carbons (Fsp3) is 0.538. The summed E-state index contributed by atoms with van der Waals surface area (Å²) in [6.45, 7) is 0. The highest BCUT2D eigenvalue weighted by molar-refractivity contribution is 5.97. The monoisotopic (exact) mass is 304 g/mol. The Morgan fingerprint density at radius 1 is 1.33 bits per heavy atom. The van der Waals surface area contributed by atoms with Crippen LogP contribution in [0.2, 0.25) is 0 Å². The van der Waals surface area contributed by atoms with E-state index in [9.17, 15) is 22.8 Å². The lowest BCUT2D eigenvalue weighted by Gasteiger charge is -2.30. The SMILES string of the molecule is NC(=O)c1cc(C(=O)N[C@H]2CCC[C@H](C(F)(F)F)C2)co1. The fourth-order valence-electron chi connectivity index (χ4n) is 2.47. The minimum atomic E-state index is -4.24. The van der Waals surface area contributed by atoms with Gasteiger partial charge >= 0.3 is 6.18 Å². The number of hydrogen-bond acceptors (Lipinski definition) is 3. The van der Waals surface area contributed by atoms with Gasteiger partial charge in [-0.25, -0.2) is 0 Å². The Morgan fingerprint density at radius 2 is 2.05 bits per heavy atom. The Kier molecular flexibility index (Phi) is 4.24. The van der Waals surface area contributed by atoms with Crippen LogP contribution in [0.15, 0.2) is 16.7 Å². The third-order valence-corrected chi connectivity index (χ3v) is 3.58. The van der Waals surface area contributed by atoms with Gasteiger partial charge in [0.25, 0.3) is 11.8 Å². The second-order valence-corrected chi connectivity index (χ2v) is 5.14. The molecule has 1 heterocycles. The van der Waals surface area contributed by atoms with Crippen LogP contribution in [0.25, 0.3) is 0 Å². The van der Waals surface area contributed by atoms with Crippen molar-refractivity contribution in [2.75, 3.05) is 0 Å².